The van der Waals surface area contributed by atoms with Crippen molar-refractivity contribution in [2.75, 3.05) is 11.9 Å². The minimum Gasteiger partial charge on any atom is -0.350 e. The molecule has 0 aliphatic rings. The van der Waals surface area contributed by atoms with Crippen molar-refractivity contribution in [3.05, 3.63) is 78.1 Å². The summed E-state index contributed by atoms with van der Waals surface area (Å²) in [6.07, 6.45) is 3.55. The van der Waals surface area contributed by atoms with Gasteiger partial charge in [0.05, 0.1) is 21.8 Å². The molecule has 0 bridgehead atoms. The normalized spacial score (nSPS) is 12.3. The van der Waals surface area contributed by atoms with Crippen molar-refractivity contribution in [3.63, 3.8) is 0 Å². The molecule has 0 saturated heterocycles. The first kappa shape index (κ1) is 17.7. The molecule has 2 aromatic carbocycles. The second kappa shape index (κ2) is 7.22. The topological polar surface area (TPSA) is 54.8 Å². The monoisotopic (exact) mass is 397 g/mol. The van der Waals surface area contributed by atoms with E-state index in [0.717, 1.165) is 32.8 Å². The van der Waals surface area contributed by atoms with E-state index in [-0.39, 0.29) is 6.04 Å². The van der Waals surface area contributed by atoms with Gasteiger partial charge in [0, 0.05) is 30.4 Å². The van der Waals surface area contributed by atoms with Crippen LogP contribution < -0.4 is 4.90 Å². The Kier molecular flexibility index (Phi) is 4.41. The van der Waals surface area contributed by atoms with Gasteiger partial charge in [0.25, 0.3) is 0 Å². The second-order valence-electron chi connectivity index (χ2n) is 6.94. The summed E-state index contributed by atoms with van der Waals surface area (Å²) < 4.78 is 1.20. The summed E-state index contributed by atoms with van der Waals surface area (Å²) in [5.41, 5.74) is 2.86. The Balaban J connectivity index is 1.62. The molecule has 142 valence electrons. The Labute approximate surface area is 172 Å². The number of aromatic nitrogens is 4. The Morgan fingerprint density at radius 3 is 2.45 bits per heavy atom. The predicted octanol–water partition coefficient (Wildman–Crippen LogP) is 5.50. The molecule has 0 aliphatic heterocycles. The fraction of sp³-hybridized carbons (Fsp3) is 0.130. The van der Waals surface area contributed by atoms with Crippen LogP contribution in [0.5, 0.6) is 0 Å². The van der Waals surface area contributed by atoms with Gasteiger partial charge >= 0.3 is 0 Å². The number of rotatable bonds is 4. The minimum atomic E-state index is 0.0763. The third-order valence-electron chi connectivity index (χ3n) is 5.09. The lowest BCUT2D eigenvalue weighted by molar-refractivity contribution is 0.727. The molecule has 0 aliphatic carbocycles. The van der Waals surface area contributed by atoms with Crippen molar-refractivity contribution < 1.29 is 0 Å². The molecule has 0 amide bonds. The van der Waals surface area contributed by atoms with Gasteiger partial charge in [0.2, 0.25) is 0 Å². The molecule has 0 spiro atoms. The Morgan fingerprint density at radius 2 is 1.66 bits per heavy atom. The Morgan fingerprint density at radius 1 is 0.862 bits per heavy atom. The van der Waals surface area contributed by atoms with Gasteiger partial charge in [0.15, 0.2) is 5.82 Å². The molecule has 0 saturated carbocycles. The summed E-state index contributed by atoms with van der Waals surface area (Å²) in [6, 6.07) is 20.3. The first-order chi connectivity index (χ1) is 14.2. The number of fused-ring (bicyclic) bond motifs is 2. The van der Waals surface area contributed by atoms with E-state index in [1.54, 1.807) is 23.7 Å². The summed E-state index contributed by atoms with van der Waals surface area (Å²) in [7, 11) is 2.07. The van der Waals surface area contributed by atoms with Crippen LogP contribution in [0.25, 0.3) is 32.5 Å². The van der Waals surface area contributed by atoms with Gasteiger partial charge in [-0.15, -0.1) is 11.3 Å². The van der Waals surface area contributed by atoms with Crippen molar-refractivity contribution in [2.24, 2.45) is 0 Å². The van der Waals surface area contributed by atoms with E-state index in [9.17, 15) is 0 Å². The fourth-order valence-electron chi connectivity index (χ4n) is 3.37. The highest BCUT2D eigenvalue weighted by molar-refractivity contribution is 7.18. The zero-order valence-corrected chi connectivity index (χ0v) is 17.0. The first-order valence-electron chi connectivity index (χ1n) is 9.46. The van der Waals surface area contributed by atoms with Crippen molar-refractivity contribution >= 4 is 38.3 Å². The smallest absolute Gasteiger partial charge is 0.163 e. The maximum atomic E-state index is 4.92. The standard InChI is InChI=1S/C23H19N5S/c1-15(23-26-19-11-5-6-12-20(19)29-23)28(2)22-17-9-3-4-10-18(17)25-21(27-22)16-8-7-13-24-14-16/h3-15H,1-2H3/t15-/m0/s1. The predicted molar refractivity (Wildman–Crippen MR) is 119 cm³/mol. The third kappa shape index (κ3) is 3.21. The highest BCUT2D eigenvalue weighted by Crippen LogP contribution is 2.34. The SMILES string of the molecule is C[C@@H](c1nc2ccccc2s1)N(C)c1nc(-c2cccnc2)nc2ccccc12. The highest BCUT2D eigenvalue weighted by Gasteiger charge is 2.21. The molecule has 0 N–H and O–H groups in total. The van der Waals surface area contributed by atoms with E-state index in [2.05, 4.69) is 48.1 Å². The van der Waals surface area contributed by atoms with Gasteiger partial charge in [-0.2, -0.15) is 0 Å². The van der Waals surface area contributed by atoms with E-state index >= 15 is 0 Å². The van der Waals surface area contributed by atoms with E-state index in [0.29, 0.717) is 5.82 Å². The van der Waals surface area contributed by atoms with E-state index in [4.69, 9.17) is 15.0 Å². The lowest BCUT2D eigenvalue weighted by Gasteiger charge is -2.26. The summed E-state index contributed by atoms with van der Waals surface area (Å²) in [5.74, 6) is 1.57. The summed E-state index contributed by atoms with van der Waals surface area (Å²) in [4.78, 5) is 20.9. The maximum Gasteiger partial charge on any atom is 0.163 e. The molecule has 29 heavy (non-hydrogen) atoms. The van der Waals surface area contributed by atoms with Crippen LogP contribution in [0.3, 0.4) is 0 Å². The number of pyridine rings is 1. The van der Waals surface area contributed by atoms with Crippen LogP contribution in [0.4, 0.5) is 5.82 Å². The van der Waals surface area contributed by atoms with Crippen molar-refractivity contribution in [3.8, 4) is 11.4 Å². The van der Waals surface area contributed by atoms with Crippen molar-refractivity contribution in [1.82, 2.24) is 19.9 Å². The molecule has 0 unspecified atom stereocenters. The fourth-order valence-corrected chi connectivity index (χ4v) is 4.43. The van der Waals surface area contributed by atoms with Gasteiger partial charge in [-0.05, 0) is 43.3 Å². The number of hydrogen-bond donors (Lipinski definition) is 0. The van der Waals surface area contributed by atoms with Gasteiger partial charge < -0.3 is 4.90 Å². The number of anilines is 1. The zero-order valence-electron chi connectivity index (χ0n) is 16.1. The molecule has 0 radical (unpaired) electrons. The van der Waals surface area contributed by atoms with Gasteiger partial charge in [-0.25, -0.2) is 15.0 Å². The molecule has 6 heteroatoms. The van der Waals surface area contributed by atoms with E-state index in [1.165, 1.54) is 4.70 Å². The molecular weight excluding hydrogens is 378 g/mol. The quantitative estimate of drug-likeness (QED) is 0.401. The number of para-hydroxylation sites is 2. The lowest BCUT2D eigenvalue weighted by atomic mass is 10.2. The number of nitrogens with zero attached hydrogens (tertiary/aromatic N) is 5. The van der Waals surface area contributed by atoms with Gasteiger partial charge in [-0.1, -0.05) is 24.3 Å². The summed E-state index contributed by atoms with van der Waals surface area (Å²) >= 11 is 1.73. The largest absolute Gasteiger partial charge is 0.350 e. The minimum absolute atomic E-state index is 0.0763. The van der Waals surface area contributed by atoms with Gasteiger partial charge in [-0.3, -0.25) is 4.98 Å². The van der Waals surface area contributed by atoms with Crippen LogP contribution in [0.2, 0.25) is 0 Å². The first-order valence-corrected chi connectivity index (χ1v) is 10.3. The van der Waals surface area contributed by atoms with Crippen LogP contribution in [-0.2, 0) is 0 Å². The molecule has 5 rings (SSSR count). The van der Waals surface area contributed by atoms with Crippen LogP contribution in [0, 0.1) is 0 Å². The van der Waals surface area contributed by atoms with Crippen LogP contribution in [-0.4, -0.2) is 27.0 Å². The summed E-state index contributed by atoms with van der Waals surface area (Å²) in [5, 5.41) is 2.09. The number of hydrogen-bond acceptors (Lipinski definition) is 6. The third-order valence-corrected chi connectivity index (χ3v) is 6.29. The van der Waals surface area contributed by atoms with E-state index in [1.807, 2.05) is 36.4 Å². The lowest BCUT2D eigenvalue weighted by Crippen LogP contribution is -2.23. The van der Waals surface area contributed by atoms with Crippen LogP contribution >= 0.6 is 11.3 Å². The molecule has 1 atom stereocenters. The average molecular weight is 398 g/mol. The highest BCUT2D eigenvalue weighted by atomic mass is 32.1. The molecule has 0 fully saturated rings. The zero-order chi connectivity index (χ0) is 19.8. The maximum absolute atomic E-state index is 4.92. The second-order valence-corrected chi connectivity index (χ2v) is 8.00. The molecule has 5 aromatic rings. The Hall–Kier alpha value is -3.38. The molecule has 3 aromatic heterocycles. The molecular formula is C23H19N5S. The van der Waals surface area contributed by atoms with Crippen molar-refractivity contribution in [1.29, 1.82) is 0 Å². The Bertz CT molecular complexity index is 1270. The van der Waals surface area contributed by atoms with Crippen LogP contribution in [0.15, 0.2) is 73.1 Å². The number of thiazole rings is 1. The van der Waals surface area contributed by atoms with E-state index < -0.39 is 0 Å². The summed E-state index contributed by atoms with van der Waals surface area (Å²) in [6.45, 7) is 2.17. The van der Waals surface area contributed by atoms with Gasteiger partial charge in [0.1, 0.15) is 10.8 Å². The molecule has 5 nitrogen and oxygen atoms in total. The van der Waals surface area contributed by atoms with Crippen LogP contribution in [0.1, 0.15) is 18.0 Å². The average Bonchev–Trinajstić information content (AvgIpc) is 3.22. The number of benzene rings is 2. The molecule has 3 heterocycles. The van der Waals surface area contributed by atoms with Crippen molar-refractivity contribution in [2.45, 2.75) is 13.0 Å².